The number of hydrogen-bond acceptors (Lipinski definition) is 7. The fourth-order valence-electron chi connectivity index (χ4n) is 3.14. The number of piperazine rings is 1. The van der Waals surface area contributed by atoms with Crippen molar-refractivity contribution in [3.63, 3.8) is 0 Å². The van der Waals surface area contributed by atoms with Crippen molar-refractivity contribution in [3.8, 4) is 5.82 Å². The molecule has 0 saturated carbocycles. The molecule has 1 aromatic carbocycles. The maximum Gasteiger partial charge on any atom is 0.282 e. The van der Waals surface area contributed by atoms with E-state index < -0.39 is 4.92 Å². The molecule has 2 aromatic heterocycles. The second kappa shape index (κ2) is 7.43. The van der Waals surface area contributed by atoms with E-state index in [0.717, 1.165) is 5.82 Å². The molecule has 1 aliphatic rings. The molecule has 4 rings (SSSR count). The van der Waals surface area contributed by atoms with Crippen LogP contribution in [0, 0.1) is 10.1 Å². The van der Waals surface area contributed by atoms with Crippen molar-refractivity contribution in [2.75, 3.05) is 31.1 Å². The normalized spacial score (nSPS) is 14.1. The molecule has 10 nitrogen and oxygen atoms in total. The summed E-state index contributed by atoms with van der Waals surface area (Å²) in [7, 11) is 0. The Morgan fingerprint density at radius 2 is 1.71 bits per heavy atom. The molecule has 3 heterocycles. The molecule has 0 atom stereocenters. The molecule has 10 heteroatoms. The van der Waals surface area contributed by atoms with Crippen molar-refractivity contribution in [3.05, 3.63) is 70.8 Å². The molecule has 1 aliphatic heterocycles. The van der Waals surface area contributed by atoms with Gasteiger partial charge in [-0.3, -0.25) is 19.5 Å². The minimum Gasteiger partial charge on any atom is -0.352 e. The summed E-state index contributed by atoms with van der Waals surface area (Å²) in [6, 6.07) is 9.76. The maximum atomic E-state index is 12.7. The SMILES string of the molecule is O=C(c1ccccc1[N+](=O)[O-])N1CCN(c2ccc(-n3ccnc3)nn2)CC1. The van der Waals surface area contributed by atoms with Gasteiger partial charge in [0.05, 0.1) is 4.92 Å². The Morgan fingerprint density at radius 1 is 1.00 bits per heavy atom. The first-order valence-electron chi connectivity index (χ1n) is 8.73. The minimum absolute atomic E-state index is 0.116. The van der Waals surface area contributed by atoms with E-state index in [2.05, 4.69) is 15.2 Å². The molecular weight excluding hydrogens is 362 g/mol. The van der Waals surface area contributed by atoms with Crippen LogP contribution in [0.2, 0.25) is 0 Å². The predicted molar refractivity (Wildman–Crippen MR) is 100 cm³/mol. The van der Waals surface area contributed by atoms with Crippen molar-refractivity contribution in [1.82, 2.24) is 24.6 Å². The van der Waals surface area contributed by atoms with E-state index in [1.807, 2.05) is 17.0 Å². The van der Waals surface area contributed by atoms with Gasteiger partial charge in [0.25, 0.3) is 11.6 Å². The Hall–Kier alpha value is -3.82. The highest BCUT2D eigenvalue weighted by molar-refractivity contribution is 5.98. The van der Waals surface area contributed by atoms with Gasteiger partial charge in [-0.15, -0.1) is 10.2 Å². The van der Waals surface area contributed by atoms with Crippen LogP contribution in [0.4, 0.5) is 11.5 Å². The third-order valence-corrected chi connectivity index (χ3v) is 4.63. The zero-order chi connectivity index (χ0) is 19.5. The van der Waals surface area contributed by atoms with E-state index in [1.165, 1.54) is 12.1 Å². The van der Waals surface area contributed by atoms with Gasteiger partial charge in [0.2, 0.25) is 0 Å². The van der Waals surface area contributed by atoms with Gasteiger partial charge in [-0.2, -0.15) is 0 Å². The second-order valence-electron chi connectivity index (χ2n) is 6.27. The number of nitrogens with zero attached hydrogens (tertiary/aromatic N) is 7. The molecule has 1 fully saturated rings. The fraction of sp³-hybridized carbons (Fsp3) is 0.222. The molecule has 0 radical (unpaired) electrons. The van der Waals surface area contributed by atoms with E-state index in [4.69, 9.17) is 0 Å². The fourth-order valence-corrected chi connectivity index (χ4v) is 3.14. The second-order valence-corrected chi connectivity index (χ2v) is 6.27. The lowest BCUT2D eigenvalue weighted by Crippen LogP contribution is -2.49. The van der Waals surface area contributed by atoms with E-state index in [-0.39, 0.29) is 17.2 Å². The first-order valence-corrected chi connectivity index (χ1v) is 8.73. The number of carbonyl (C=O) groups excluding carboxylic acids is 1. The summed E-state index contributed by atoms with van der Waals surface area (Å²) in [5, 5.41) is 19.6. The highest BCUT2D eigenvalue weighted by Crippen LogP contribution is 2.21. The van der Waals surface area contributed by atoms with E-state index in [1.54, 1.807) is 40.3 Å². The first-order chi connectivity index (χ1) is 13.6. The molecular formula is C18H17N7O3. The van der Waals surface area contributed by atoms with Crippen molar-refractivity contribution in [2.45, 2.75) is 0 Å². The molecule has 0 spiro atoms. The van der Waals surface area contributed by atoms with E-state index >= 15 is 0 Å². The molecule has 28 heavy (non-hydrogen) atoms. The number of benzene rings is 1. The number of imidazole rings is 1. The molecule has 0 N–H and O–H groups in total. The molecule has 0 bridgehead atoms. The van der Waals surface area contributed by atoms with Crippen molar-refractivity contribution >= 4 is 17.4 Å². The van der Waals surface area contributed by atoms with Crippen LogP contribution >= 0.6 is 0 Å². The largest absolute Gasteiger partial charge is 0.352 e. The smallest absolute Gasteiger partial charge is 0.282 e. The Kier molecular flexibility index (Phi) is 4.67. The summed E-state index contributed by atoms with van der Waals surface area (Å²) in [5.74, 6) is 1.07. The minimum atomic E-state index is -0.527. The average Bonchev–Trinajstić information content (AvgIpc) is 3.28. The molecule has 0 aliphatic carbocycles. The summed E-state index contributed by atoms with van der Waals surface area (Å²) in [6.07, 6.45) is 5.11. The quantitative estimate of drug-likeness (QED) is 0.499. The lowest BCUT2D eigenvalue weighted by molar-refractivity contribution is -0.385. The summed E-state index contributed by atoms with van der Waals surface area (Å²) >= 11 is 0. The number of rotatable bonds is 4. The van der Waals surface area contributed by atoms with Crippen molar-refractivity contribution in [2.24, 2.45) is 0 Å². The molecule has 1 saturated heterocycles. The van der Waals surface area contributed by atoms with E-state index in [9.17, 15) is 14.9 Å². The maximum absolute atomic E-state index is 12.7. The van der Waals surface area contributed by atoms with Gasteiger partial charge < -0.3 is 9.80 Å². The average molecular weight is 379 g/mol. The van der Waals surface area contributed by atoms with Crippen LogP contribution in [0.1, 0.15) is 10.4 Å². The number of aromatic nitrogens is 4. The zero-order valence-corrected chi connectivity index (χ0v) is 14.9. The zero-order valence-electron chi connectivity index (χ0n) is 14.9. The van der Waals surface area contributed by atoms with E-state index in [0.29, 0.717) is 32.0 Å². The van der Waals surface area contributed by atoms with Gasteiger partial charge in [0.15, 0.2) is 11.6 Å². The highest BCUT2D eigenvalue weighted by atomic mass is 16.6. The van der Waals surface area contributed by atoms with Gasteiger partial charge in [0.1, 0.15) is 11.9 Å². The van der Waals surface area contributed by atoms with Crippen LogP contribution in [-0.4, -0.2) is 61.7 Å². The van der Waals surface area contributed by atoms with Crippen molar-refractivity contribution in [1.29, 1.82) is 0 Å². The van der Waals surface area contributed by atoms with Crippen LogP contribution in [0.5, 0.6) is 0 Å². The number of nitro groups is 1. The van der Waals surface area contributed by atoms with Crippen molar-refractivity contribution < 1.29 is 9.72 Å². The number of hydrogen-bond donors (Lipinski definition) is 0. The Bertz CT molecular complexity index is 981. The van der Waals surface area contributed by atoms with Crippen LogP contribution in [-0.2, 0) is 0 Å². The molecule has 0 unspecified atom stereocenters. The topological polar surface area (TPSA) is 110 Å². The number of amides is 1. The summed E-state index contributed by atoms with van der Waals surface area (Å²) < 4.78 is 1.76. The first kappa shape index (κ1) is 17.6. The summed E-state index contributed by atoms with van der Waals surface area (Å²) in [5.41, 5.74) is -0.0543. The molecule has 3 aromatic rings. The molecule has 142 valence electrons. The standard InChI is InChI=1S/C18H17N7O3/c26-18(14-3-1-2-4-15(14)25(27)28)23-11-9-22(10-12-23)16-5-6-17(21-20-16)24-8-7-19-13-24/h1-8,13H,9-12H2. The Morgan fingerprint density at radius 3 is 2.36 bits per heavy atom. The third kappa shape index (κ3) is 3.39. The van der Waals surface area contributed by atoms with Crippen LogP contribution < -0.4 is 4.90 Å². The van der Waals surface area contributed by atoms with Crippen LogP contribution in [0.3, 0.4) is 0 Å². The predicted octanol–water partition coefficient (Wildman–Crippen LogP) is 1.53. The summed E-state index contributed by atoms with van der Waals surface area (Å²) in [4.78, 5) is 31.0. The number of carbonyl (C=O) groups is 1. The van der Waals surface area contributed by atoms with Gasteiger partial charge in [-0.25, -0.2) is 4.98 Å². The Balaban J connectivity index is 1.42. The lowest BCUT2D eigenvalue weighted by atomic mass is 10.1. The summed E-state index contributed by atoms with van der Waals surface area (Å²) in [6.45, 7) is 2.06. The third-order valence-electron chi connectivity index (χ3n) is 4.63. The number of nitro benzene ring substituents is 1. The van der Waals surface area contributed by atoms with Crippen LogP contribution in [0.15, 0.2) is 55.1 Å². The van der Waals surface area contributed by atoms with Gasteiger partial charge >= 0.3 is 0 Å². The Labute approximate surface area is 160 Å². The van der Waals surface area contributed by atoms with Crippen LogP contribution in [0.25, 0.3) is 5.82 Å². The van der Waals surface area contributed by atoms with Gasteiger partial charge in [0, 0.05) is 44.6 Å². The highest BCUT2D eigenvalue weighted by Gasteiger charge is 2.27. The lowest BCUT2D eigenvalue weighted by Gasteiger charge is -2.35. The van der Waals surface area contributed by atoms with Gasteiger partial charge in [-0.1, -0.05) is 12.1 Å². The van der Waals surface area contributed by atoms with Gasteiger partial charge in [-0.05, 0) is 18.2 Å². The number of para-hydroxylation sites is 1. The monoisotopic (exact) mass is 379 g/mol. The molecule has 1 amide bonds. The number of anilines is 1.